The highest BCUT2D eigenvalue weighted by Gasteiger charge is 2.31. The summed E-state index contributed by atoms with van der Waals surface area (Å²) in [4.78, 5) is 27.8. The monoisotopic (exact) mass is 403 g/mol. The van der Waals surface area contributed by atoms with E-state index in [0.29, 0.717) is 11.7 Å². The van der Waals surface area contributed by atoms with Gasteiger partial charge in [-0.25, -0.2) is 0 Å². The van der Waals surface area contributed by atoms with E-state index in [9.17, 15) is 9.59 Å². The van der Waals surface area contributed by atoms with Gasteiger partial charge < -0.3 is 10.6 Å². The third kappa shape index (κ3) is 4.20. The number of thioether (sulfide) groups is 1. The Morgan fingerprint density at radius 3 is 2.80 bits per heavy atom. The Balaban J connectivity index is 1.90. The third-order valence-corrected chi connectivity index (χ3v) is 4.42. The van der Waals surface area contributed by atoms with Gasteiger partial charge in [0.05, 0.1) is 0 Å². The molecule has 0 unspecified atom stereocenters. The van der Waals surface area contributed by atoms with Gasteiger partial charge in [-0.1, -0.05) is 11.8 Å². The van der Waals surface area contributed by atoms with Gasteiger partial charge in [0.1, 0.15) is 5.25 Å². The van der Waals surface area contributed by atoms with Crippen molar-refractivity contribution in [3.63, 3.8) is 0 Å². The number of hydrogen-bond donors (Lipinski definition) is 2. The van der Waals surface area contributed by atoms with Gasteiger partial charge in [0.2, 0.25) is 11.8 Å². The van der Waals surface area contributed by atoms with Crippen molar-refractivity contribution < 1.29 is 9.59 Å². The fourth-order valence-electron chi connectivity index (χ4n) is 1.67. The quantitative estimate of drug-likeness (QED) is 0.758. The molecule has 20 heavy (non-hydrogen) atoms. The first-order chi connectivity index (χ1) is 9.58. The zero-order chi connectivity index (χ0) is 14.5. The third-order valence-electron chi connectivity index (χ3n) is 2.58. The number of rotatable bonds is 4. The molecule has 1 heterocycles. The fourth-order valence-corrected chi connectivity index (χ4v) is 3.06. The van der Waals surface area contributed by atoms with E-state index in [4.69, 9.17) is 0 Å². The molecule has 1 aromatic carbocycles. The van der Waals surface area contributed by atoms with Crippen LogP contribution in [0.15, 0.2) is 29.3 Å². The molecule has 1 atom stereocenters. The number of carbonyl (C=O) groups excluding carboxylic acids is 2. The second-order valence-electron chi connectivity index (χ2n) is 4.13. The van der Waals surface area contributed by atoms with E-state index in [1.54, 1.807) is 0 Å². The lowest BCUT2D eigenvalue weighted by Gasteiger charge is -2.07. The highest BCUT2D eigenvalue weighted by atomic mass is 127. The molecule has 0 spiro atoms. The van der Waals surface area contributed by atoms with Crippen LogP contribution in [0.3, 0.4) is 0 Å². The molecule has 0 aromatic heterocycles. The molecule has 106 valence electrons. The zero-order valence-corrected chi connectivity index (χ0v) is 13.8. The van der Waals surface area contributed by atoms with Crippen molar-refractivity contribution in [1.82, 2.24) is 5.32 Å². The van der Waals surface area contributed by atoms with Crippen LogP contribution in [0.1, 0.15) is 13.3 Å². The molecule has 0 radical (unpaired) electrons. The lowest BCUT2D eigenvalue weighted by atomic mass is 10.2. The molecule has 7 heteroatoms. The molecular weight excluding hydrogens is 389 g/mol. The highest BCUT2D eigenvalue weighted by molar-refractivity contribution is 14.1. The van der Waals surface area contributed by atoms with Crippen LogP contribution in [-0.4, -0.2) is 28.8 Å². The molecule has 1 aliphatic rings. The Labute approximate surface area is 135 Å². The molecule has 2 amide bonds. The van der Waals surface area contributed by atoms with Crippen LogP contribution in [0.2, 0.25) is 0 Å². The number of hydrogen-bond acceptors (Lipinski definition) is 4. The number of carbonyl (C=O) groups is 2. The first-order valence-corrected chi connectivity index (χ1v) is 8.11. The van der Waals surface area contributed by atoms with Crippen LogP contribution in [0.4, 0.5) is 5.69 Å². The van der Waals surface area contributed by atoms with E-state index in [1.165, 1.54) is 11.8 Å². The number of nitrogens with zero attached hydrogens (tertiary/aromatic N) is 1. The van der Waals surface area contributed by atoms with E-state index in [2.05, 4.69) is 38.2 Å². The molecule has 0 saturated carbocycles. The van der Waals surface area contributed by atoms with Crippen LogP contribution < -0.4 is 10.6 Å². The molecule has 2 N–H and O–H groups in total. The molecule has 5 nitrogen and oxygen atoms in total. The Kier molecular flexibility index (Phi) is 5.41. The lowest BCUT2D eigenvalue weighted by molar-refractivity contribution is -0.122. The number of nitrogens with one attached hydrogen (secondary N) is 2. The summed E-state index contributed by atoms with van der Waals surface area (Å²) < 4.78 is 1.10. The second kappa shape index (κ2) is 7.07. The Morgan fingerprint density at radius 2 is 2.15 bits per heavy atom. The summed E-state index contributed by atoms with van der Waals surface area (Å²) in [5.74, 6) is -0.323. The van der Waals surface area contributed by atoms with Crippen molar-refractivity contribution in [2.45, 2.75) is 18.6 Å². The topological polar surface area (TPSA) is 70.6 Å². The van der Waals surface area contributed by atoms with E-state index in [0.717, 1.165) is 9.26 Å². The van der Waals surface area contributed by atoms with E-state index < -0.39 is 5.25 Å². The van der Waals surface area contributed by atoms with Crippen molar-refractivity contribution in [2.75, 3.05) is 11.9 Å². The number of benzene rings is 1. The van der Waals surface area contributed by atoms with Crippen LogP contribution >= 0.6 is 34.4 Å². The minimum atomic E-state index is -0.399. The number of aliphatic imine (C=N–C) groups is 1. The maximum Gasteiger partial charge on any atom is 0.240 e. The summed E-state index contributed by atoms with van der Waals surface area (Å²) in [6, 6.07) is 7.51. The van der Waals surface area contributed by atoms with Crippen molar-refractivity contribution in [3.05, 3.63) is 27.8 Å². The first kappa shape index (κ1) is 15.3. The maximum absolute atomic E-state index is 11.9. The van der Waals surface area contributed by atoms with E-state index in [-0.39, 0.29) is 18.2 Å². The molecule has 1 aliphatic heterocycles. The average molecular weight is 403 g/mol. The molecule has 0 aliphatic carbocycles. The fraction of sp³-hybridized carbons (Fsp3) is 0.308. The predicted octanol–water partition coefficient (Wildman–Crippen LogP) is 2.23. The summed E-state index contributed by atoms with van der Waals surface area (Å²) in [5, 5.41) is 5.67. The smallest absolute Gasteiger partial charge is 0.240 e. The molecule has 1 aromatic rings. The van der Waals surface area contributed by atoms with Crippen molar-refractivity contribution in [1.29, 1.82) is 0 Å². The zero-order valence-electron chi connectivity index (χ0n) is 10.9. The molecule has 1 fully saturated rings. The van der Waals surface area contributed by atoms with Gasteiger partial charge in [-0.3, -0.25) is 14.6 Å². The summed E-state index contributed by atoms with van der Waals surface area (Å²) >= 11 is 3.51. The number of amidine groups is 1. The van der Waals surface area contributed by atoms with Gasteiger partial charge in [-0.2, -0.15) is 0 Å². The predicted molar refractivity (Wildman–Crippen MR) is 89.9 cm³/mol. The van der Waals surface area contributed by atoms with Crippen molar-refractivity contribution in [2.24, 2.45) is 4.99 Å². The van der Waals surface area contributed by atoms with Crippen molar-refractivity contribution >= 4 is 57.0 Å². The number of halogens is 1. The van der Waals surface area contributed by atoms with E-state index >= 15 is 0 Å². The van der Waals surface area contributed by atoms with Gasteiger partial charge in [-0.15, -0.1) is 0 Å². The molecule has 1 saturated heterocycles. The molecule has 0 bridgehead atoms. The highest BCUT2D eigenvalue weighted by Crippen LogP contribution is 2.23. The molecule has 2 rings (SSSR count). The number of amides is 2. The summed E-state index contributed by atoms with van der Waals surface area (Å²) in [6.07, 6.45) is 0.144. The largest absolute Gasteiger partial charge is 0.326 e. The minimum absolute atomic E-state index is 0.144. The standard InChI is InChI=1S/C13H14IN3O2S/c1-2-15-13-17-12(19)10(20-13)7-11(18)16-9-5-3-8(14)4-6-9/h3-6,10H,2,7H2,1H3,(H,16,18)(H,15,17,19)/t10-/m1/s1. The van der Waals surface area contributed by atoms with Crippen LogP contribution in [0.25, 0.3) is 0 Å². The Bertz CT molecular complexity index is 545. The summed E-state index contributed by atoms with van der Waals surface area (Å²) in [6.45, 7) is 2.51. The summed E-state index contributed by atoms with van der Waals surface area (Å²) in [5.41, 5.74) is 0.737. The Hall–Kier alpha value is -1.09. The average Bonchev–Trinajstić information content (AvgIpc) is 2.73. The van der Waals surface area contributed by atoms with Gasteiger partial charge in [0.15, 0.2) is 5.17 Å². The lowest BCUT2D eigenvalue weighted by Crippen LogP contribution is -2.28. The minimum Gasteiger partial charge on any atom is -0.326 e. The number of anilines is 1. The van der Waals surface area contributed by atoms with Crippen LogP contribution in [0.5, 0.6) is 0 Å². The van der Waals surface area contributed by atoms with E-state index in [1.807, 2.05) is 31.2 Å². The normalized spacial score (nSPS) is 20.0. The van der Waals surface area contributed by atoms with Crippen molar-refractivity contribution in [3.8, 4) is 0 Å². The Morgan fingerprint density at radius 1 is 1.45 bits per heavy atom. The SMILES string of the molecule is CCN=C1NC(=O)[C@@H](CC(=O)Nc2ccc(I)cc2)S1. The van der Waals surface area contributed by atoms with Crippen LogP contribution in [0, 0.1) is 3.57 Å². The maximum atomic E-state index is 11.9. The summed E-state index contributed by atoms with van der Waals surface area (Å²) in [7, 11) is 0. The van der Waals surface area contributed by atoms with Gasteiger partial charge in [0.25, 0.3) is 0 Å². The molecular formula is C13H14IN3O2S. The first-order valence-electron chi connectivity index (χ1n) is 6.16. The van der Waals surface area contributed by atoms with Crippen LogP contribution in [-0.2, 0) is 9.59 Å². The van der Waals surface area contributed by atoms with Gasteiger partial charge in [-0.05, 0) is 53.8 Å². The van der Waals surface area contributed by atoms with Gasteiger partial charge in [0, 0.05) is 22.2 Å². The second-order valence-corrected chi connectivity index (χ2v) is 6.57. The van der Waals surface area contributed by atoms with Gasteiger partial charge >= 0.3 is 0 Å².